The zero-order chi connectivity index (χ0) is 15.6. The van der Waals surface area contributed by atoms with Gasteiger partial charge in [0, 0.05) is 11.4 Å². The Morgan fingerprint density at radius 1 is 1.05 bits per heavy atom. The van der Waals surface area contributed by atoms with Crippen molar-refractivity contribution in [3.05, 3.63) is 57.2 Å². The number of ketones is 1. The lowest BCUT2D eigenvalue weighted by Crippen LogP contribution is -2.18. The fourth-order valence-corrected chi connectivity index (χ4v) is 3.25. The predicted octanol–water partition coefficient (Wildman–Crippen LogP) is 4.98. The lowest BCUT2D eigenvalue weighted by atomic mass is 10.1. The van der Waals surface area contributed by atoms with Gasteiger partial charge in [0.15, 0.2) is 5.78 Å². The monoisotopic (exact) mass is 335 g/mol. The smallest absolute Gasteiger partial charge is 0.172 e. The maximum Gasteiger partial charge on any atom is 0.172 e. The molecule has 0 unspecified atom stereocenters. The third-order valence-electron chi connectivity index (χ3n) is 3.58. The first-order valence-corrected chi connectivity index (χ1v) is 9.04. The van der Waals surface area contributed by atoms with E-state index >= 15 is 0 Å². The molecular weight excluding hydrogens is 314 g/mol. The second kappa shape index (κ2) is 9.78. The summed E-state index contributed by atoms with van der Waals surface area (Å²) in [6, 6.07) is 11.8. The van der Waals surface area contributed by atoms with Crippen LogP contribution in [0.15, 0.2) is 41.8 Å². The maximum atomic E-state index is 11.8. The molecule has 1 aromatic carbocycles. The van der Waals surface area contributed by atoms with E-state index in [0.717, 1.165) is 48.7 Å². The lowest BCUT2D eigenvalue weighted by molar-refractivity contribution is 0.0983. The summed E-state index contributed by atoms with van der Waals surface area (Å²) in [5.74, 6) is 0.279. The molecule has 0 atom stereocenters. The first-order valence-electron chi connectivity index (χ1n) is 7.78. The molecule has 0 aliphatic carbocycles. The molecule has 1 N–H and O–H groups in total. The number of hydrogen-bond acceptors (Lipinski definition) is 3. The van der Waals surface area contributed by atoms with Gasteiger partial charge in [0.1, 0.15) is 0 Å². The number of nitrogens with one attached hydrogen (secondary N) is 1. The van der Waals surface area contributed by atoms with Crippen molar-refractivity contribution in [1.82, 2.24) is 5.32 Å². The van der Waals surface area contributed by atoms with Crippen molar-refractivity contribution in [2.75, 3.05) is 13.1 Å². The Bertz CT molecular complexity index is 568. The van der Waals surface area contributed by atoms with Crippen molar-refractivity contribution in [3.8, 4) is 0 Å². The number of halogens is 1. The van der Waals surface area contributed by atoms with Gasteiger partial charge in [0.25, 0.3) is 0 Å². The van der Waals surface area contributed by atoms with Gasteiger partial charge in [-0.2, -0.15) is 0 Å². The van der Waals surface area contributed by atoms with Crippen molar-refractivity contribution in [2.24, 2.45) is 0 Å². The van der Waals surface area contributed by atoms with E-state index in [0.29, 0.717) is 6.42 Å². The molecule has 0 amide bonds. The number of thiophene rings is 1. The van der Waals surface area contributed by atoms with Crippen LogP contribution in [0.4, 0.5) is 0 Å². The third kappa shape index (κ3) is 5.91. The topological polar surface area (TPSA) is 29.1 Å². The van der Waals surface area contributed by atoms with Crippen LogP contribution in [0.3, 0.4) is 0 Å². The first-order chi connectivity index (χ1) is 10.8. The summed E-state index contributed by atoms with van der Waals surface area (Å²) >= 11 is 7.65. The molecule has 1 heterocycles. The SMILES string of the molecule is O=C(CCCCCNCCc1ccccc1Cl)c1cccs1. The van der Waals surface area contributed by atoms with Crippen LogP contribution in [0, 0.1) is 0 Å². The summed E-state index contributed by atoms with van der Waals surface area (Å²) in [5.41, 5.74) is 1.19. The minimum Gasteiger partial charge on any atom is -0.316 e. The van der Waals surface area contributed by atoms with Gasteiger partial charge >= 0.3 is 0 Å². The molecule has 0 saturated carbocycles. The lowest BCUT2D eigenvalue weighted by Gasteiger charge is -2.06. The molecule has 4 heteroatoms. The zero-order valence-corrected chi connectivity index (χ0v) is 14.3. The Kier molecular flexibility index (Phi) is 7.64. The van der Waals surface area contributed by atoms with Crippen LogP contribution in [-0.2, 0) is 6.42 Å². The highest BCUT2D eigenvalue weighted by atomic mass is 35.5. The van der Waals surface area contributed by atoms with Gasteiger partial charge in [-0.3, -0.25) is 4.79 Å². The standard InChI is InChI=1S/C18H22ClNOS/c19-16-8-4-3-7-15(16)11-13-20-12-5-1-2-9-17(21)18-10-6-14-22-18/h3-4,6-8,10,14,20H,1-2,5,9,11-13H2. The van der Waals surface area contributed by atoms with E-state index < -0.39 is 0 Å². The molecule has 2 nitrogen and oxygen atoms in total. The van der Waals surface area contributed by atoms with Crippen LogP contribution in [0.25, 0.3) is 0 Å². The van der Waals surface area contributed by atoms with E-state index in [2.05, 4.69) is 11.4 Å². The number of carbonyl (C=O) groups excluding carboxylic acids is 1. The van der Waals surface area contributed by atoms with Crippen LogP contribution in [0.2, 0.25) is 5.02 Å². The van der Waals surface area contributed by atoms with E-state index in [1.54, 1.807) is 0 Å². The van der Waals surface area contributed by atoms with Crippen LogP contribution < -0.4 is 5.32 Å². The molecule has 0 saturated heterocycles. The van der Waals surface area contributed by atoms with Crippen LogP contribution in [0.1, 0.15) is 40.9 Å². The number of hydrogen-bond donors (Lipinski definition) is 1. The Morgan fingerprint density at radius 3 is 2.68 bits per heavy atom. The molecule has 2 rings (SSSR count). The number of benzene rings is 1. The Hall–Kier alpha value is -1.16. The van der Waals surface area contributed by atoms with E-state index in [1.807, 2.05) is 35.7 Å². The van der Waals surface area contributed by atoms with Crippen LogP contribution in [0.5, 0.6) is 0 Å². The predicted molar refractivity (Wildman–Crippen MR) is 95.1 cm³/mol. The second-order valence-corrected chi connectivity index (χ2v) is 6.66. The van der Waals surface area contributed by atoms with Gasteiger partial charge < -0.3 is 5.32 Å². The average Bonchev–Trinajstić information content (AvgIpc) is 3.06. The van der Waals surface area contributed by atoms with Gasteiger partial charge in [-0.1, -0.05) is 42.3 Å². The molecule has 2 aromatic rings. The third-order valence-corrected chi connectivity index (χ3v) is 4.86. The summed E-state index contributed by atoms with van der Waals surface area (Å²) in [5, 5.41) is 6.23. The molecule has 0 radical (unpaired) electrons. The summed E-state index contributed by atoms with van der Waals surface area (Å²) < 4.78 is 0. The van der Waals surface area contributed by atoms with Gasteiger partial charge in [-0.15, -0.1) is 11.3 Å². The fraction of sp³-hybridized carbons (Fsp3) is 0.389. The van der Waals surface area contributed by atoms with E-state index in [1.165, 1.54) is 16.9 Å². The molecule has 1 aromatic heterocycles. The van der Waals surface area contributed by atoms with Crippen molar-refractivity contribution < 1.29 is 4.79 Å². The van der Waals surface area contributed by atoms with Crippen LogP contribution >= 0.6 is 22.9 Å². The van der Waals surface area contributed by atoms with Gasteiger partial charge in [-0.25, -0.2) is 0 Å². The number of carbonyl (C=O) groups is 1. The average molecular weight is 336 g/mol. The summed E-state index contributed by atoms with van der Waals surface area (Å²) in [4.78, 5) is 12.7. The number of Topliss-reactive ketones (excluding diaryl/α,β-unsaturated/α-hetero) is 1. The Morgan fingerprint density at radius 2 is 1.91 bits per heavy atom. The summed E-state index contributed by atoms with van der Waals surface area (Å²) in [7, 11) is 0. The molecule has 0 bridgehead atoms. The minimum absolute atomic E-state index is 0.279. The van der Waals surface area contributed by atoms with Crippen molar-refractivity contribution in [3.63, 3.8) is 0 Å². The molecule has 0 spiro atoms. The number of rotatable bonds is 10. The maximum absolute atomic E-state index is 11.8. The van der Waals surface area contributed by atoms with E-state index in [4.69, 9.17) is 11.6 Å². The van der Waals surface area contributed by atoms with Gasteiger partial charge in [0.05, 0.1) is 4.88 Å². The number of unbranched alkanes of at least 4 members (excludes halogenated alkanes) is 2. The fourth-order valence-electron chi connectivity index (χ4n) is 2.32. The minimum atomic E-state index is 0.279. The van der Waals surface area contributed by atoms with Gasteiger partial charge in [-0.05, 0) is 55.4 Å². The molecule has 0 aliphatic heterocycles. The zero-order valence-electron chi connectivity index (χ0n) is 12.7. The highest BCUT2D eigenvalue weighted by Gasteiger charge is 2.05. The van der Waals surface area contributed by atoms with Crippen molar-refractivity contribution in [2.45, 2.75) is 32.1 Å². The molecule has 118 valence electrons. The van der Waals surface area contributed by atoms with Crippen molar-refractivity contribution >= 4 is 28.7 Å². The van der Waals surface area contributed by atoms with E-state index in [9.17, 15) is 4.79 Å². The summed E-state index contributed by atoms with van der Waals surface area (Å²) in [6.45, 7) is 1.94. The second-order valence-electron chi connectivity index (χ2n) is 5.30. The van der Waals surface area contributed by atoms with Crippen molar-refractivity contribution in [1.29, 1.82) is 0 Å². The molecule has 22 heavy (non-hydrogen) atoms. The normalized spacial score (nSPS) is 10.8. The highest BCUT2D eigenvalue weighted by molar-refractivity contribution is 7.12. The van der Waals surface area contributed by atoms with Crippen LogP contribution in [-0.4, -0.2) is 18.9 Å². The Labute approximate surface area is 141 Å². The molecule has 0 fully saturated rings. The largest absolute Gasteiger partial charge is 0.316 e. The molecule has 0 aliphatic rings. The molecular formula is C18H22ClNOS. The first kappa shape index (κ1) is 17.2. The highest BCUT2D eigenvalue weighted by Crippen LogP contribution is 2.15. The Balaban J connectivity index is 1.48. The van der Waals surface area contributed by atoms with E-state index in [-0.39, 0.29) is 5.78 Å². The van der Waals surface area contributed by atoms with Gasteiger partial charge in [0.2, 0.25) is 0 Å². The summed E-state index contributed by atoms with van der Waals surface area (Å²) in [6.07, 6.45) is 4.80. The quantitative estimate of drug-likeness (QED) is 0.490.